The average Bonchev–Trinajstić information content (AvgIpc) is 2.89. The van der Waals surface area contributed by atoms with Crippen LogP contribution in [-0.4, -0.2) is 12.1 Å². The third-order valence-electron chi connectivity index (χ3n) is 5.95. The molecular weight excluding hydrogens is 356 g/mol. The number of ether oxygens (including phenoxy) is 1. The van der Waals surface area contributed by atoms with Crippen molar-refractivity contribution >= 4 is 5.97 Å². The van der Waals surface area contributed by atoms with Crippen LogP contribution in [-0.2, 0) is 9.53 Å². The van der Waals surface area contributed by atoms with E-state index in [1.807, 2.05) is 6.92 Å². The van der Waals surface area contributed by atoms with Gasteiger partial charge in [0.15, 0.2) is 0 Å². The lowest BCUT2D eigenvalue weighted by molar-refractivity contribution is -0.149. The van der Waals surface area contributed by atoms with Crippen molar-refractivity contribution in [3.63, 3.8) is 0 Å². The normalized spacial score (nSPS) is 17.6. The van der Waals surface area contributed by atoms with Gasteiger partial charge in [-0.1, -0.05) is 60.6 Å². The van der Waals surface area contributed by atoms with E-state index in [1.165, 1.54) is 55.2 Å². The van der Waals surface area contributed by atoms with Crippen molar-refractivity contribution in [2.45, 2.75) is 124 Å². The molecule has 0 bridgehead atoms. The topological polar surface area (TPSA) is 26.3 Å². The Labute approximate surface area is 180 Å². The van der Waals surface area contributed by atoms with Gasteiger partial charge in [-0.3, -0.25) is 4.79 Å². The Kier molecular flexibility index (Phi) is 13.8. The van der Waals surface area contributed by atoms with E-state index in [1.54, 1.807) is 0 Å². The van der Waals surface area contributed by atoms with Gasteiger partial charge in [-0.25, -0.2) is 0 Å². The first-order chi connectivity index (χ1) is 13.9. The van der Waals surface area contributed by atoms with E-state index in [4.69, 9.17) is 4.74 Å². The second-order valence-electron chi connectivity index (χ2n) is 9.40. The molecule has 1 atom stereocenters. The summed E-state index contributed by atoms with van der Waals surface area (Å²) in [4.78, 5) is 12.2. The SMILES string of the molecule is CC(C)=CCC/C(C)=C/CC/C(C)=C/CCC(C)OC(=O)CC1CCCCCC1. The van der Waals surface area contributed by atoms with Gasteiger partial charge in [0.25, 0.3) is 0 Å². The third-order valence-corrected chi connectivity index (χ3v) is 5.95. The maximum absolute atomic E-state index is 12.2. The molecule has 1 saturated carbocycles. The van der Waals surface area contributed by atoms with Gasteiger partial charge >= 0.3 is 5.97 Å². The van der Waals surface area contributed by atoms with Crippen molar-refractivity contribution in [3.8, 4) is 0 Å². The highest BCUT2D eigenvalue weighted by atomic mass is 16.5. The summed E-state index contributed by atoms with van der Waals surface area (Å²) in [6, 6.07) is 0. The van der Waals surface area contributed by atoms with E-state index in [-0.39, 0.29) is 12.1 Å². The fourth-order valence-electron chi connectivity index (χ4n) is 4.04. The first-order valence-electron chi connectivity index (χ1n) is 12.0. The molecule has 0 aromatic carbocycles. The van der Waals surface area contributed by atoms with Crippen LogP contribution in [0.25, 0.3) is 0 Å². The summed E-state index contributed by atoms with van der Waals surface area (Å²) in [6.45, 7) is 10.8. The van der Waals surface area contributed by atoms with E-state index in [2.05, 4.69) is 45.9 Å². The van der Waals surface area contributed by atoms with E-state index < -0.39 is 0 Å². The molecule has 0 radical (unpaired) electrons. The molecule has 0 aromatic heterocycles. The van der Waals surface area contributed by atoms with Gasteiger partial charge in [0.05, 0.1) is 6.10 Å². The lowest BCUT2D eigenvalue weighted by Gasteiger charge is -2.16. The largest absolute Gasteiger partial charge is 0.463 e. The van der Waals surface area contributed by atoms with Crippen LogP contribution in [0, 0.1) is 5.92 Å². The van der Waals surface area contributed by atoms with Crippen LogP contribution in [0.4, 0.5) is 0 Å². The van der Waals surface area contributed by atoms with Crippen LogP contribution in [0.3, 0.4) is 0 Å². The van der Waals surface area contributed by atoms with Gasteiger partial charge < -0.3 is 4.74 Å². The molecule has 1 fully saturated rings. The molecule has 2 heteroatoms. The maximum atomic E-state index is 12.2. The molecule has 0 aliphatic heterocycles. The van der Waals surface area contributed by atoms with E-state index >= 15 is 0 Å². The summed E-state index contributed by atoms with van der Waals surface area (Å²) in [7, 11) is 0. The Hall–Kier alpha value is -1.31. The second kappa shape index (κ2) is 15.5. The third kappa shape index (κ3) is 14.3. The minimum atomic E-state index is 0.0128. The van der Waals surface area contributed by atoms with Crippen LogP contribution in [0.15, 0.2) is 34.9 Å². The molecule has 0 heterocycles. The molecule has 1 rings (SSSR count). The molecule has 166 valence electrons. The fourth-order valence-corrected chi connectivity index (χ4v) is 4.04. The molecule has 1 aliphatic carbocycles. The number of allylic oxidation sites excluding steroid dienone is 6. The van der Waals surface area contributed by atoms with Gasteiger partial charge in [-0.15, -0.1) is 0 Å². The highest BCUT2D eigenvalue weighted by Gasteiger charge is 2.18. The zero-order valence-corrected chi connectivity index (χ0v) is 19.9. The van der Waals surface area contributed by atoms with Gasteiger partial charge in [0.1, 0.15) is 0 Å². The predicted molar refractivity (Wildman–Crippen MR) is 126 cm³/mol. The summed E-state index contributed by atoms with van der Waals surface area (Å²) in [5, 5.41) is 0. The van der Waals surface area contributed by atoms with Crippen molar-refractivity contribution in [3.05, 3.63) is 34.9 Å². The Balaban J connectivity index is 2.18. The molecule has 0 aromatic rings. The lowest BCUT2D eigenvalue weighted by atomic mass is 9.97. The average molecular weight is 403 g/mol. The molecule has 0 saturated heterocycles. The fraction of sp³-hybridized carbons (Fsp3) is 0.741. The Bertz CT molecular complexity index is 541. The number of carbonyl (C=O) groups excluding carboxylic acids is 1. The highest BCUT2D eigenvalue weighted by Crippen LogP contribution is 2.26. The first-order valence-corrected chi connectivity index (χ1v) is 12.0. The van der Waals surface area contributed by atoms with Crippen molar-refractivity contribution in [2.24, 2.45) is 5.92 Å². The monoisotopic (exact) mass is 402 g/mol. The minimum absolute atomic E-state index is 0.0128. The van der Waals surface area contributed by atoms with Crippen molar-refractivity contribution in [2.75, 3.05) is 0 Å². The number of carbonyl (C=O) groups is 1. The number of esters is 1. The summed E-state index contributed by atoms with van der Waals surface area (Å²) in [5.41, 5.74) is 4.33. The van der Waals surface area contributed by atoms with Crippen LogP contribution >= 0.6 is 0 Å². The smallest absolute Gasteiger partial charge is 0.306 e. The number of hydrogen-bond acceptors (Lipinski definition) is 2. The standard InChI is InChI=1S/C27H46O2/c1-22(2)13-10-14-23(3)15-11-16-24(4)17-12-18-25(5)29-27(28)21-26-19-8-6-7-9-20-26/h13,15,17,25-26H,6-12,14,16,18-21H2,1-5H3/b23-15+,24-17+. The molecular formula is C27H46O2. The van der Waals surface area contributed by atoms with E-state index in [9.17, 15) is 4.79 Å². The zero-order valence-electron chi connectivity index (χ0n) is 19.9. The summed E-state index contributed by atoms with van der Waals surface area (Å²) in [6.07, 6.45) is 21.8. The van der Waals surface area contributed by atoms with Crippen molar-refractivity contribution in [1.29, 1.82) is 0 Å². The lowest BCUT2D eigenvalue weighted by Crippen LogP contribution is -2.17. The Morgan fingerprint density at radius 2 is 1.41 bits per heavy atom. The summed E-state index contributed by atoms with van der Waals surface area (Å²) in [5.74, 6) is 0.566. The van der Waals surface area contributed by atoms with Crippen molar-refractivity contribution in [1.82, 2.24) is 0 Å². The van der Waals surface area contributed by atoms with Crippen molar-refractivity contribution < 1.29 is 9.53 Å². The maximum Gasteiger partial charge on any atom is 0.306 e. The van der Waals surface area contributed by atoms with Crippen LogP contribution in [0.2, 0.25) is 0 Å². The second-order valence-corrected chi connectivity index (χ2v) is 9.40. The molecule has 2 nitrogen and oxygen atoms in total. The predicted octanol–water partition coefficient (Wildman–Crippen LogP) is 8.48. The summed E-state index contributed by atoms with van der Waals surface area (Å²) >= 11 is 0. The highest BCUT2D eigenvalue weighted by molar-refractivity contribution is 5.69. The molecule has 29 heavy (non-hydrogen) atoms. The Morgan fingerprint density at radius 1 is 0.862 bits per heavy atom. The number of rotatable bonds is 12. The molecule has 0 spiro atoms. The summed E-state index contributed by atoms with van der Waals surface area (Å²) < 4.78 is 5.66. The molecule has 1 aliphatic rings. The zero-order chi connectivity index (χ0) is 21.5. The van der Waals surface area contributed by atoms with Gasteiger partial charge in [-0.05, 0) is 91.9 Å². The molecule has 1 unspecified atom stereocenters. The van der Waals surface area contributed by atoms with Crippen LogP contribution in [0.1, 0.15) is 118 Å². The molecule has 0 amide bonds. The minimum Gasteiger partial charge on any atom is -0.463 e. The Morgan fingerprint density at radius 3 is 2.00 bits per heavy atom. The van der Waals surface area contributed by atoms with E-state index in [0.29, 0.717) is 12.3 Å². The quantitative estimate of drug-likeness (QED) is 0.186. The van der Waals surface area contributed by atoms with Gasteiger partial charge in [0, 0.05) is 6.42 Å². The van der Waals surface area contributed by atoms with Crippen LogP contribution in [0.5, 0.6) is 0 Å². The molecule has 0 N–H and O–H groups in total. The van der Waals surface area contributed by atoms with Crippen LogP contribution < -0.4 is 0 Å². The van der Waals surface area contributed by atoms with Gasteiger partial charge in [-0.2, -0.15) is 0 Å². The first kappa shape index (κ1) is 25.7. The van der Waals surface area contributed by atoms with E-state index in [0.717, 1.165) is 38.5 Å². The van der Waals surface area contributed by atoms with Gasteiger partial charge in [0.2, 0.25) is 0 Å². The number of hydrogen-bond donors (Lipinski definition) is 0.